The van der Waals surface area contributed by atoms with E-state index in [0.29, 0.717) is 32.1 Å². The normalized spacial score (nSPS) is 18.8. The molecule has 1 atom stereocenters. The van der Waals surface area contributed by atoms with Gasteiger partial charge in [0.2, 0.25) is 5.91 Å². The molecule has 1 aromatic carbocycles. The maximum atomic E-state index is 11.8. The van der Waals surface area contributed by atoms with Crippen LogP contribution in [0.4, 0.5) is 0 Å². The van der Waals surface area contributed by atoms with Crippen LogP contribution in [0.15, 0.2) is 28.7 Å². The number of aromatic nitrogens is 1. The molecule has 0 radical (unpaired) electrons. The Morgan fingerprint density at radius 2 is 2.32 bits per heavy atom. The van der Waals surface area contributed by atoms with E-state index in [1.165, 1.54) is 0 Å². The van der Waals surface area contributed by atoms with Crippen LogP contribution in [0.25, 0.3) is 11.1 Å². The van der Waals surface area contributed by atoms with Crippen LogP contribution in [0.1, 0.15) is 12.3 Å². The van der Waals surface area contributed by atoms with Gasteiger partial charge in [0.05, 0.1) is 12.5 Å². The lowest BCUT2D eigenvalue weighted by molar-refractivity contribution is -0.124. The van der Waals surface area contributed by atoms with Gasteiger partial charge >= 0.3 is 0 Å². The average Bonchev–Trinajstić information content (AvgIpc) is 3.07. The molecule has 1 N–H and O–H groups in total. The lowest BCUT2D eigenvalue weighted by atomic mass is 10.1. The van der Waals surface area contributed by atoms with Gasteiger partial charge in [0.1, 0.15) is 5.52 Å². The highest BCUT2D eigenvalue weighted by molar-refractivity contribution is 5.79. The number of oxazole rings is 1. The first kappa shape index (κ1) is 12.2. The van der Waals surface area contributed by atoms with Gasteiger partial charge in [-0.05, 0) is 18.6 Å². The number of amides is 1. The molecule has 1 aliphatic rings. The summed E-state index contributed by atoms with van der Waals surface area (Å²) in [4.78, 5) is 16.1. The van der Waals surface area contributed by atoms with Crippen molar-refractivity contribution in [2.24, 2.45) is 5.92 Å². The summed E-state index contributed by atoms with van der Waals surface area (Å²) in [7, 11) is 0. The molecule has 5 nitrogen and oxygen atoms in total. The zero-order chi connectivity index (χ0) is 13.1. The zero-order valence-corrected chi connectivity index (χ0v) is 10.6. The summed E-state index contributed by atoms with van der Waals surface area (Å²) >= 11 is 0. The molecule has 1 amide bonds. The fraction of sp³-hybridized carbons (Fsp3) is 0.429. The number of nitrogens with one attached hydrogen (secondary N) is 1. The molecule has 1 aliphatic heterocycles. The largest absolute Gasteiger partial charge is 0.441 e. The maximum Gasteiger partial charge on any atom is 0.225 e. The Morgan fingerprint density at radius 3 is 3.11 bits per heavy atom. The molecule has 100 valence electrons. The average molecular weight is 260 g/mol. The Hall–Kier alpha value is -1.88. The summed E-state index contributed by atoms with van der Waals surface area (Å²) < 4.78 is 10.8. The first-order valence-electron chi connectivity index (χ1n) is 6.53. The Labute approximate surface area is 111 Å². The quantitative estimate of drug-likeness (QED) is 0.905. The van der Waals surface area contributed by atoms with Gasteiger partial charge in [-0.15, -0.1) is 0 Å². The third-order valence-corrected chi connectivity index (χ3v) is 3.28. The van der Waals surface area contributed by atoms with E-state index in [0.717, 1.165) is 17.5 Å². The number of fused-ring (bicyclic) bond motifs is 1. The van der Waals surface area contributed by atoms with Crippen LogP contribution in [0.5, 0.6) is 0 Å². The highest BCUT2D eigenvalue weighted by atomic mass is 16.5. The van der Waals surface area contributed by atoms with Crippen LogP contribution < -0.4 is 5.32 Å². The van der Waals surface area contributed by atoms with Crippen molar-refractivity contribution in [3.63, 3.8) is 0 Å². The number of para-hydroxylation sites is 2. The van der Waals surface area contributed by atoms with Crippen molar-refractivity contribution in [3.05, 3.63) is 30.2 Å². The van der Waals surface area contributed by atoms with Crippen LogP contribution in [0.2, 0.25) is 0 Å². The number of hydrogen-bond acceptors (Lipinski definition) is 4. The minimum atomic E-state index is 0.00336. The Balaban J connectivity index is 1.53. The Morgan fingerprint density at radius 1 is 1.42 bits per heavy atom. The van der Waals surface area contributed by atoms with Gasteiger partial charge in [-0.2, -0.15) is 0 Å². The fourth-order valence-corrected chi connectivity index (χ4v) is 2.21. The number of hydrogen-bond donors (Lipinski definition) is 1. The fourth-order valence-electron chi connectivity index (χ4n) is 2.21. The van der Waals surface area contributed by atoms with Crippen molar-refractivity contribution >= 4 is 17.0 Å². The van der Waals surface area contributed by atoms with Crippen molar-refractivity contribution in [3.8, 4) is 0 Å². The molecule has 1 aromatic heterocycles. The van der Waals surface area contributed by atoms with Gasteiger partial charge in [0.15, 0.2) is 11.5 Å². The third-order valence-electron chi connectivity index (χ3n) is 3.28. The Kier molecular flexibility index (Phi) is 3.46. The minimum Gasteiger partial charge on any atom is -0.441 e. The molecule has 19 heavy (non-hydrogen) atoms. The van der Waals surface area contributed by atoms with Crippen molar-refractivity contribution in [1.29, 1.82) is 0 Å². The van der Waals surface area contributed by atoms with Crippen LogP contribution >= 0.6 is 0 Å². The lowest BCUT2D eigenvalue weighted by Crippen LogP contribution is -2.32. The monoisotopic (exact) mass is 260 g/mol. The molecule has 1 saturated heterocycles. The molecule has 0 bridgehead atoms. The van der Waals surface area contributed by atoms with Crippen LogP contribution in [0.3, 0.4) is 0 Å². The Bertz CT molecular complexity index is 540. The van der Waals surface area contributed by atoms with Gasteiger partial charge in [-0.25, -0.2) is 4.98 Å². The summed E-state index contributed by atoms with van der Waals surface area (Å²) in [5, 5.41) is 2.90. The van der Waals surface area contributed by atoms with Gasteiger partial charge in [0.25, 0.3) is 0 Å². The van der Waals surface area contributed by atoms with Crippen molar-refractivity contribution in [1.82, 2.24) is 10.3 Å². The molecular formula is C14H16N2O3. The van der Waals surface area contributed by atoms with Gasteiger partial charge in [-0.3, -0.25) is 4.79 Å². The van der Waals surface area contributed by atoms with E-state index in [9.17, 15) is 4.79 Å². The van der Waals surface area contributed by atoms with Crippen molar-refractivity contribution < 1.29 is 13.9 Å². The first-order valence-corrected chi connectivity index (χ1v) is 6.53. The minimum absolute atomic E-state index is 0.00336. The number of carbonyl (C=O) groups excluding carboxylic acids is 1. The van der Waals surface area contributed by atoms with E-state index >= 15 is 0 Å². The second-order valence-corrected chi connectivity index (χ2v) is 4.68. The molecule has 5 heteroatoms. The molecule has 3 rings (SSSR count). The SMILES string of the molecule is O=C(NCCc1nc2ccccc2o1)[C@H]1CCOC1. The topological polar surface area (TPSA) is 64.4 Å². The molecule has 2 heterocycles. The molecular weight excluding hydrogens is 244 g/mol. The predicted octanol–water partition coefficient (Wildman–Crippen LogP) is 1.52. The van der Waals surface area contributed by atoms with Gasteiger partial charge in [0, 0.05) is 19.6 Å². The summed E-state index contributed by atoms with van der Waals surface area (Å²) in [6, 6.07) is 7.65. The summed E-state index contributed by atoms with van der Waals surface area (Å²) in [6.45, 7) is 1.76. The number of nitrogens with zero attached hydrogens (tertiary/aromatic N) is 1. The van der Waals surface area contributed by atoms with Crippen molar-refractivity contribution in [2.75, 3.05) is 19.8 Å². The van der Waals surface area contributed by atoms with E-state index in [1.807, 2.05) is 24.3 Å². The molecule has 0 saturated carbocycles. The lowest BCUT2D eigenvalue weighted by Gasteiger charge is -2.07. The highest BCUT2D eigenvalue weighted by Crippen LogP contribution is 2.15. The van der Waals surface area contributed by atoms with Crippen molar-refractivity contribution in [2.45, 2.75) is 12.8 Å². The molecule has 0 spiro atoms. The van der Waals surface area contributed by atoms with E-state index < -0.39 is 0 Å². The maximum absolute atomic E-state index is 11.8. The van der Waals surface area contributed by atoms with Crippen LogP contribution in [-0.2, 0) is 16.0 Å². The standard InChI is InChI=1S/C14H16N2O3/c17-14(10-6-8-18-9-10)15-7-5-13-16-11-3-1-2-4-12(11)19-13/h1-4,10H,5-9H2,(H,15,17)/t10-/m0/s1. The van der Waals surface area contributed by atoms with Gasteiger partial charge < -0.3 is 14.5 Å². The molecule has 0 unspecified atom stereocenters. The number of ether oxygens (including phenoxy) is 1. The van der Waals surface area contributed by atoms with E-state index in [4.69, 9.17) is 9.15 Å². The molecule has 2 aromatic rings. The summed E-state index contributed by atoms with van der Waals surface area (Å²) in [5.74, 6) is 0.724. The zero-order valence-electron chi connectivity index (χ0n) is 10.6. The number of rotatable bonds is 4. The second-order valence-electron chi connectivity index (χ2n) is 4.68. The predicted molar refractivity (Wildman–Crippen MR) is 69.6 cm³/mol. The summed E-state index contributed by atoms with van der Waals surface area (Å²) in [5.41, 5.74) is 1.64. The molecule has 1 fully saturated rings. The highest BCUT2D eigenvalue weighted by Gasteiger charge is 2.22. The van der Waals surface area contributed by atoms with E-state index in [-0.39, 0.29) is 11.8 Å². The second kappa shape index (κ2) is 5.40. The number of carbonyl (C=O) groups is 1. The summed E-state index contributed by atoms with van der Waals surface area (Å²) in [6.07, 6.45) is 1.42. The van der Waals surface area contributed by atoms with Crippen LogP contribution in [0, 0.1) is 5.92 Å². The van der Waals surface area contributed by atoms with E-state index in [2.05, 4.69) is 10.3 Å². The third kappa shape index (κ3) is 2.76. The first-order chi connectivity index (χ1) is 9.33. The van der Waals surface area contributed by atoms with Crippen LogP contribution in [-0.4, -0.2) is 30.6 Å². The van der Waals surface area contributed by atoms with Gasteiger partial charge in [-0.1, -0.05) is 12.1 Å². The smallest absolute Gasteiger partial charge is 0.225 e. The number of benzene rings is 1. The molecule has 0 aliphatic carbocycles. The van der Waals surface area contributed by atoms with E-state index in [1.54, 1.807) is 0 Å².